The van der Waals surface area contributed by atoms with Gasteiger partial charge in [-0.05, 0) is 25.0 Å². The normalized spacial score (nSPS) is 10.7. The monoisotopic (exact) mass is 325 g/mol. The first-order valence-corrected chi connectivity index (χ1v) is 7.77. The number of H-pyrrole nitrogens is 2. The van der Waals surface area contributed by atoms with Crippen LogP contribution in [0.3, 0.4) is 0 Å². The second kappa shape index (κ2) is 7.04. The number of aromatic amines is 2. The fourth-order valence-corrected chi connectivity index (χ4v) is 2.54. The number of fused-ring (bicyclic) bond motifs is 1. The van der Waals surface area contributed by atoms with Crippen molar-refractivity contribution in [3.8, 4) is 5.75 Å². The van der Waals surface area contributed by atoms with Crippen molar-refractivity contribution < 1.29 is 9.53 Å². The summed E-state index contributed by atoms with van der Waals surface area (Å²) in [7, 11) is 0. The van der Waals surface area contributed by atoms with Gasteiger partial charge in [-0.25, -0.2) is 0 Å². The Bertz CT molecular complexity index is 911. The molecular formula is C18H19N3O3. The van der Waals surface area contributed by atoms with Gasteiger partial charge in [0.05, 0.1) is 0 Å². The van der Waals surface area contributed by atoms with Crippen LogP contribution in [-0.2, 0) is 11.2 Å². The van der Waals surface area contributed by atoms with Gasteiger partial charge in [-0.15, -0.1) is 0 Å². The van der Waals surface area contributed by atoms with Gasteiger partial charge in [0.1, 0.15) is 0 Å². The topological polar surface area (TPSA) is 87.0 Å². The van der Waals surface area contributed by atoms with Gasteiger partial charge >= 0.3 is 0 Å². The van der Waals surface area contributed by atoms with E-state index in [2.05, 4.69) is 21.4 Å². The Morgan fingerprint density at radius 2 is 2.04 bits per heavy atom. The molecule has 0 spiro atoms. The van der Waals surface area contributed by atoms with Crippen LogP contribution < -0.4 is 15.5 Å². The van der Waals surface area contributed by atoms with E-state index in [1.165, 1.54) is 12.3 Å². The van der Waals surface area contributed by atoms with Crippen molar-refractivity contribution in [3.63, 3.8) is 0 Å². The lowest BCUT2D eigenvalue weighted by Gasteiger charge is -2.07. The number of pyridine rings is 1. The zero-order valence-corrected chi connectivity index (χ0v) is 13.4. The van der Waals surface area contributed by atoms with Gasteiger partial charge in [-0.3, -0.25) is 9.59 Å². The standard InChI is InChI=1S/C18H19N3O3/c1-12-8-16(22)17(10-20-12)24-11-18(23)19-7-6-13-9-21-15-5-3-2-4-14(13)15/h2-5,8-10,21H,6-7,11H2,1H3,(H,19,23)(H,20,22). The number of carbonyl (C=O) groups is 1. The highest BCUT2D eigenvalue weighted by Gasteiger charge is 2.07. The number of benzene rings is 1. The third-order valence-corrected chi connectivity index (χ3v) is 3.77. The van der Waals surface area contributed by atoms with Crippen LogP contribution >= 0.6 is 0 Å². The Labute approximate surface area is 138 Å². The quantitative estimate of drug-likeness (QED) is 0.647. The number of hydrogen-bond donors (Lipinski definition) is 3. The molecule has 0 saturated heterocycles. The Kier molecular flexibility index (Phi) is 4.65. The Morgan fingerprint density at radius 3 is 2.88 bits per heavy atom. The van der Waals surface area contributed by atoms with Crippen LogP contribution in [0.15, 0.2) is 47.5 Å². The van der Waals surface area contributed by atoms with E-state index < -0.39 is 0 Å². The number of carbonyl (C=O) groups excluding carboxylic acids is 1. The Balaban J connectivity index is 1.48. The van der Waals surface area contributed by atoms with Gasteiger partial charge < -0.3 is 20.0 Å². The lowest BCUT2D eigenvalue weighted by Crippen LogP contribution is -2.31. The molecular weight excluding hydrogens is 306 g/mol. The largest absolute Gasteiger partial charge is 0.478 e. The van der Waals surface area contributed by atoms with Crippen molar-refractivity contribution in [2.24, 2.45) is 0 Å². The number of rotatable bonds is 6. The summed E-state index contributed by atoms with van der Waals surface area (Å²) < 4.78 is 5.25. The molecule has 0 saturated carbocycles. The zero-order valence-electron chi connectivity index (χ0n) is 13.4. The molecule has 1 aromatic carbocycles. The highest BCUT2D eigenvalue weighted by molar-refractivity contribution is 5.83. The molecule has 0 fully saturated rings. The van der Waals surface area contributed by atoms with Crippen LogP contribution in [0.2, 0.25) is 0 Å². The highest BCUT2D eigenvalue weighted by atomic mass is 16.5. The molecule has 3 rings (SSSR count). The van der Waals surface area contributed by atoms with Crippen LogP contribution in [0.25, 0.3) is 10.9 Å². The summed E-state index contributed by atoms with van der Waals surface area (Å²) in [6.45, 7) is 2.11. The number of aromatic nitrogens is 2. The average Bonchev–Trinajstić information content (AvgIpc) is 2.97. The number of para-hydroxylation sites is 1. The van der Waals surface area contributed by atoms with Crippen LogP contribution in [0.1, 0.15) is 11.3 Å². The van der Waals surface area contributed by atoms with Crippen molar-refractivity contribution >= 4 is 16.8 Å². The molecule has 0 atom stereocenters. The maximum atomic E-state index is 11.8. The van der Waals surface area contributed by atoms with E-state index in [4.69, 9.17) is 4.74 Å². The predicted octanol–water partition coefficient (Wildman–Crippen LogP) is 1.90. The van der Waals surface area contributed by atoms with E-state index in [-0.39, 0.29) is 23.7 Å². The number of nitrogens with one attached hydrogen (secondary N) is 3. The van der Waals surface area contributed by atoms with E-state index in [1.54, 1.807) is 6.92 Å². The van der Waals surface area contributed by atoms with Gasteiger partial charge in [0, 0.05) is 41.6 Å². The van der Waals surface area contributed by atoms with Crippen molar-refractivity contribution in [1.29, 1.82) is 0 Å². The highest BCUT2D eigenvalue weighted by Crippen LogP contribution is 2.17. The first-order chi connectivity index (χ1) is 11.6. The van der Waals surface area contributed by atoms with Crippen LogP contribution in [0.5, 0.6) is 5.75 Å². The van der Waals surface area contributed by atoms with Crippen molar-refractivity contribution in [2.45, 2.75) is 13.3 Å². The molecule has 6 heteroatoms. The average molecular weight is 325 g/mol. The first-order valence-electron chi connectivity index (χ1n) is 7.77. The van der Waals surface area contributed by atoms with E-state index in [9.17, 15) is 9.59 Å². The minimum Gasteiger partial charge on any atom is -0.478 e. The summed E-state index contributed by atoms with van der Waals surface area (Å²) in [6.07, 6.45) is 4.15. The smallest absolute Gasteiger partial charge is 0.257 e. The van der Waals surface area contributed by atoms with Crippen LogP contribution in [-0.4, -0.2) is 29.0 Å². The minimum atomic E-state index is -0.255. The van der Waals surface area contributed by atoms with Crippen LogP contribution in [0, 0.1) is 6.92 Å². The Hall–Kier alpha value is -3.02. The van der Waals surface area contributed by atoms with E-state index in [1.807, 2.05) is 24.4 Å². The molecule has 6 nitrogen and oxygen atoms in total. The lowest BCUT2D eigenvalue weighted by molar-refractivity contribution is -0.123. The predicted molar refractivity (Wildman–Crippen MR) is 92.3 cm³/mol. The molecule has 0 radical (unpaired) electrons. The molecule has 0 aliphatic carbocycles. The molecule has 0 aliphatic rings. The number of hydrogen-bond acceptors (Lipinski definition) is 3. The molecule has 2 aromatic heterocycles. The second-order valence-electron chi connectivity index (χ2n) is 5.59. The number of ether oxygens (including phenoxy) is 1. The number of amides is 1. The molecule has 1 amide bonds. The van der Waals surface area contributed by atoms with Gasteiger partial charge in [0.2, 0.25) is 5.43 Å². The van der Waals surface area contributed by atoms with E-state index in [0.29, 0.717) is 6.54 Å². The van der Waals surface area contributed by atoms with Crippen molar-refractivity contribution in [1.82, 2.24) is 15.3 Å². The third kappa shape index (κ3) is 3.65. The molecule has 0 bridgehead atoms. The van der Waals surface area contributed by atoms with E-state index >= 15 is 0 Å². The minimum absolute atomic E-state index is 0.146. The van der Waals surface area contributed by atoms with Gasteiger partial charge in [0.25, 0.3) is 5.91 Å². The Morgan fingerprint density at radius 1 is 1.21 bits per heavy atom. The molecule has 0 unspecified atom stereocenters. The molecule has 24 heavy (non-hydrogen) atoms. The van der Waals surface area contributed by atoms with Crippen molar-refractivity contribution in [3.05, 3.63) is 64.2 Å². The summed E-state index contributed by atoms with van der Waals surface area (Å²) in [4.78, 5) is 29.6. The van der Waals surface area contributed by atoms with Gasteiger partial charge in [0.15, 0.2) is 12.4 Å². The summed E-state index contributed by atoms with van der Waals surface area (Å²) in [5.74, 6) is -0.109. The maximum absolute atomic E-state index is 11.8. The SMILES string of the molecule is Cc1cc(=O)c(OCC(=O)NCCc2c[nH]c3ccccc23)c[nH]1. The van der Waals surface area contributed by atoms with Gasteiger partial charge in [-0.2, -0.15) is 0 Å². The first kappa shape index (κ1) is 15.9. The second-order valence-corrected chi connectivity index (χ2v) is 5.59. The van der Waals surface area contributed by atoms with Crippen molar-refractivity contribution in [2.75, 3.05) is 13.2 Å². The van der Waals surface area contributed by atoms with Crippen LogP contribution in [0.4, 0.5) is 0 Å². The maximum Gasteiger partial charge on any atom is 0.257 e. The summed E-state index contributed by atoms with van der Waals surface area (Å²) in [5.41, 5.74) is 2.75. The van der Waals surface area contributed by atoms with Gasteiger partial charge in [-0.1, -0.05) is 18.2 Å². The summed E-state index contributed by atoms with van der Waals surface area (Å²) in [6, 6.07) is 9.48. The lowest BCUT2D eigenvalue weighted by atomic mass is 10.1. The third-order valence-electron chi connectivity index (χ3n) is 3.77. The molecule has 0 aliphatic heterocycles. The zero-order chi connectivity index (χ0) is 16.9. The molecule has 2 heterocycles. The molecule has 3 N–H and O–H groups in total. The van der Waals surface area contributed by atoms with E-state index in [0.717, 1.165) is 28.6 Å². The summed E-state index contributed by atoms with van der Waals surface area (Å²) in [5, 5.41) is 3.96. The fourth-order valence-electron chi connectivity index (χ4n) is 2.54. The molecule has 124 valence electrons. The number of aryl methyl sites for hydroxylation is 1. The molecule has 3 aromatic rings. The summed E-state index contributed by atoms with van der Waals surface area (Å²) >= 11 is 0. The fraction of sp³-hybridized carbons (Fsp3) is 0.222.